The maximum atomic E-state index is 12.5. The summed E-state index contributed by atoms with van der Waals surface area (Å²) in [5, 5.41) is 5.72. The maximum absolute atomic E-state index is 12.5. The van der Waals surface area contributed by atoms with Gasteiger partial charge in [0.15, 0.2) is 0 Å². The Morgan fingerprint density at radius 1 is 1.04 bits per heavy atom. The summed E-state index contributed by atoms with van der Waals surface area (Å²) in [6.07, 6.45) is 1.69. The van der Waals surface area contributed by atoms with Gasteiger partial charge in [-0.25, -0.2) is 9.78 Å². The van der Waals surface area contributed by atoms with E-state index in [-0.39, 0.29) is 6.03 Å². The molecule has 0 saturated heterocycles. The molecular formula is C20H20N4O2. The highest BCUT2D eigenvalue weighted by molar-refractivity contribution is 5.88. The largest absolute Gasteiger partial charge is 0.496 e. The zero-order valence-corrected chi connectivity index (χ0v) is 14.6. The summed E-state index contributed by atoms with van der Waals surface area (Å²) >= 11 is 0. The first-order valence-electron chi connectivity index (χ1n) is 8.22. The molecule has 0 unspecified atom stereocenters. The van der Waals surface area contributed by atoms with Crippen molar-refractivity contribution < 1.29 is 9.53 Å². The highest BCUT2D eigenvalue weighted by atomic mass is 16.5. The molecule has 0 saturated carbocycles. The molecule has 2 amide bonds. The number of carbonyl (C=O) groups excluding carboxylic acids is 1. The van der Waals surface area contributed by atoms with Crippen LogP contribution in [0.25, 0.3) is 0 Å². The molecule has 0 aliphatic rings. The van der Waals surface area contributed by atoms with Gasteiger partial charge in [0.1, 0.15) is 17.6 Å². The monoisotopic (exact) mass is 348 g/mol. The number of rotatable bonds is 5. The molecular weight excluding hydrogens is 328 g/mol. The minimum atomic E-state index is -0.461. The number of amides is 2. The first-order chi connectivity index (χ1) is 12.7. The molecule has 2 N–H and O–H groups in total. The number of carbonyl (C=O) groups is 1. The van der Waals surface area contributed by atoms with Gasteiger partial charge in [-0.15, -0.1) is 0 Å². The number of pyridine rings is 2. The fourth-order valence-electron chi connectivity index (χ4n) is 2.66. The summed E-state index contributed by atoms with van der Waals surface area (Å²) in [6, 6.07) is 17.7. The van der Waals surface area contributed by atoms with Crippen LogP contribution in [0.15, 0.2) is 66.9 Å². The summed E-state index contributed by atoms with van der Waals surface area (Å²) < 4.78 is 5.45. The van der Waals surface area contributed by atoms with E-state index in [0.29, 0.717) is 17.3 Å². The van der Waals surface area contributed by atoms with Gasteiger partial charge in [-0.1, -0.05) is 30.3 Å². The lowest BCUT2D eigenvalue weighted by molar-refractivity contribution is 0.249. The Balaban J connectivity index is 1.88. The third-order valence-corrected chi connectivity index (χ3v) is 3.84. The zero-order valence-electron chi connectivity index (χ0n) is 14.6. The van der Waals surface area contributed by atoms with Crippen LogP contribution >= 0.6 is 0 Å². The Kier molecular flexibility index (Phi) is 5.43. The summed E-state index contributed by atoms with van der Waals surface area (Å²) in [6.45, 7) is 1.87. The first kappa shape index (κ1) is 17.4. The van der Waals surface area contributed by atoms with Crippen molar-refractivity contribution in [3.63, 3.8) is 0 Å². The normalized spacial score (nSPS) is 11.5. The van der Waals surface area contributed by atoms with Gasteiger partial charge >= 0.3 is 6.03 Å². The third-order valence-electron chi connectivity index (χ3n) is 3.84. The number of hydrogen-bond donors (Lipinski definition) is 2. The molecule has 0 aliphatic carbocycles. The average molecular weight is 348 g/mol. The van der Waals surface area contributed by atoms with Crippen molar-refractivity contribution >= 4 is 11.8 Å². The Morgan fingerprint density at radius 3 is 2.58 bits per heavy atom. The average Bonchev–Trinajstić information content (AvgIpc) is 2.67. The number of nitrogens with zero attached hydrogens (tertiary/aromatic N) is 2. The molecule has 3 aromatic rings. The fourth-order valence-corrected chi connectivity index (χ4v) is 2.66. The number of aromatic nitrogens is 2. The van der Waals surface area contributed by atoms with E-state index in [2.05, 4.69) is 20.6 Å². The number of aryl methyl sites for hydroxylation is 1. The molecule has 2 aromatic heterocycles. The standard InChI is InChI=1S/C20H20N4O2/c1-14-8-7-12-18(22-14)23-20(25)24-19(16-10-5-6-13-21-16)15-9-3-4-11-17(15)26-2/h3-13,19H,1-2H3,(H2,22,23,24,25)/t19-/m0/s1. The quantitative estimate of drug-likeness (QED) is 0.737. The SMILES string of the molecule is COc1ccccc1[C@H](NC(=O)Nc1cccc(C)n1)c1ccccn1. The second-order valence-corrected chi connectivity index (χ2v) is 5.69. The van der Waals surface area contributed by atoms with Crippen molar-refractivity contribution in [2.24, 2.45) is 0 Å². The van der Waals surface area contributed by atoms with Gasteiger partial charge in [-0.2, -0.15) is 0 Å². The van der Waals surface area contributed by atoms with E-state index in [0.717, 1.165) is 11.3 Å². The molecule has 0 aliphatic heterocycles. The van der Waals surface area contributed by atoms with Crippen molar-refractivity contribution in [1.29, 1.82) is 0 Å². The van der Waals surface area contributed by atoms with Crippen LogP contribution in [0.3, 0.4) is 0 Å². The predicted octanol–water partition coefficient (Wildman–Crippen LogP) is 3.70. The number of para-hydroxylation sites is 1. The molecule has 1 aromatic carbocycles. The van der Waals surface area contributed by atoms with E-state index in [1.54, 1.807) is 19.4 Å². The number of methoxy groups -OCH3 is 1. The van der Waals surface area contributed by atoms with Crippen LogP contribution in [-0.4, -0.2) is 23.1 Å². The van der Waals surface area contributed by atoms with E-state index < -0.39 is 6.04 Å². The van der Waals surface area contributed by atoms with Crippen molar-refractivity contribution in [2.45, 2.75) is 13.0 Å². The lowest BCUT2D eigenvalue weighted by atomic mass is 10.0. The topological polar surface area (TPSA) is 76.1 Å². The molecule has 1 atom stereocenters. The van der Waals surface area contributed by atoms with E-state index in [9.17, 15) is 4.79 Å². The zero-order chi connectivity index (χ0) is 18.4. The Morgan fingerprint density at radius 2 is 1.85 bits per heavy atom. The van der Waals surface area contributed by atoms with Crippen LogP contribution in [-0.2, 0) is 0 Å². The molecule has 6 nitrogen and oxygen atoms in total. The van der Waals surface area contributed by atoms with Gasteiger partial charge in [-0.05, 0) is 37.3 Å². The number of ether oxygens (including phenoxy) is 1. The van der Waals surface area contributed by atoms with Gasteiger partial charge in [0.25, 0.3) is 0 Å². The summed E-state index contributed by atoms with van der Waals surface area (Å²) in [5.74, 6) is 1.17. The molecule has 26 heavy (non-hydrogen) atoms. The first-order valence-corrected chi connectivity index (χ1v) is 8.22. The summed E-state index contributed by atoms with van der Waals surface area (Å²) in [4.78, 5) is 21.2. The molecule has 132 valence electrons. The van der Waals surface area contributed by atoms with Crippen LogP contribution < -0.4 is 15.4 Å². The number of anilines is 1. The molecule has 3 rings (SSSR count). The van der Waals surface area contributed by atoms with E-state index in [4.69, 9.17) is 4.74 Å². The summed E-state index contributed by atoms with van der Waals surface area (Å²) in [5.41, 5.74) is 2.36. The second kappa shape index (κ2) is 8.11. The minimum Gasteiger partial charge on any atom is -0.496 e. The number of hydrogen-bond acceptors (Lipinski definition) is 4. The van der Waals surface area contributed by atoms with Gasteiger partial charge in [0.05, 0.1) is 12.8 Å². The second-order valence-electron chi connectivity index (χ2n) is 5.69. The third kappa shape index (κ3) is 4.16. The maximum Gasteiger partial charge on any atom is 0.321 e. The van der Waals surface area contributed by atoms with Crippen LogP contribution in [0.5, 0.6) is 5.75 Å². The lowest BCUT2D eigenvalue weighted by Crippen LogP contribution is -2.34. The van der Waals surface area contributed by atoms with Gasteiger partial charge < -0.3 is 10.1 Å². The van der Waals surface area contributed by atoms with E-state index >= 15 is 0 Å². The smallest absolute Gasteiger partial charge is 0.321 e. The van der Waals surface area contributed by atoms with Crippen LogP contribution in [0.1, 0.15) is 23.0 Å². The van der Waals surface area contributed by atoms with Crippen LogP contribution in [0.2, 0.25) is 0 Å². The Labute approximate surface area is 152 Å². The fraction of sp³-hybridized carbons (Fsp3) is 0.150. The van der Waals surface area contributed by atoms with Crippen LogP contribution in [0, 0.1) is 6.92 Å². The van der Waals surface area contributed by atoms with Gasteiger partial charge in [-0.3, -0.25) is 10.3 Å². The van der Waals surface area contributed by atoms with E-state index in [1.807, 2.05) is 61.5 Å². The molecule has 0 radical (unpaired) electrons. The highest BCUT2D eigenvalue weighted by Crippen LogP contribution is 2.28. The van der Waals surface area contributed by atoms with Gasteiger partial charge in [0, 0.05) is 17.5 Å². The van der Waals surface area contributed by atoms with Crippen molar-refractivity contribution in [1.82, 2.24) is 15.3 Å². The van der Waals surface area contributed by atoms with Crippen molar-refractivity contribution in [3.05, 3.63) is 83.8 Å². The van der Waals surface area contributed by atoms with Crippen molar-refractivity contribution in [2.75, 3.05) is 12.4 Å². The lowest BCUT2D eigenvalue weighted by Gasteiger charge is -2.21. The Bertz CT molecular complexity index is 884. The molecule has 6 heteroatoms. The molecule has 0 fully saturated rings. The molecule has 2 heterocycles. The number of nitrogens with one attached hydrogen (secondary N) is 2. The van der Waals surface area contributed by atoms with Crippen molar-refractivity contribution in [3.8, 4) is 5.75 Å². The van der Waals surface area contributed by atoms with Crippen LogP contribution in [0.4, 0.5) is 10.6 Å². The van der Waals surface area contributed by atoms with E-state index in [1.165, 1.54) is 0 Å². The Hall–Kier alpha value is -3.41. The molecule has 0 bridgehead atoms. The summed E-state index contributed by atoms with van der Waals surface area (Å²) in [7, 11) is 1.60. The number of urea groups is 1. The number of benzene rings is 1. The predicted molar refractivity (Wildman–Crippen MR) is 100 cm³/mol. The molecule has 0 spiro atoms. The minimum absolute atomic E-state index is 0.371. The highest BCUT2D eigenvalue weighted by Gasteiger charge is 2.21. The van der Waals surface area contributed by atoms with Gasteiger partial charge in [0.2, 0.25) is 0 Å².